The molecule has 0 aliphatic carbocycles. The second-order valence-electron chi connectivity index (χ2n) is 2.35. The van der Waals surface area contributed by atoms with Crippen LogP contribution in [0.2, 0.25) is 15.1 Å². The van der Waals surface area contributed by atoms with Crippen molar-refractivity contribution in [3.05, 3.63) is 38.8 Å². The van der Waals surface area contributed by atoms with Crippen LogP contribution in [-0.2, 0) is 0 Å². The molecule has 1 N–H and O–H groups in total. The normalized spacial score (nSPS) is 11.1. The van der Waals surface area contributed by atoms with Gasteiger partial charge in [0, 0.05) is 0 Å². The van der Waals surface area contributed by atoms with Crippen molar-refractivity contribution in [2.24, 2.45) is 0 Å². The van der Waals surface area contributed by atoms with Gasteiger partial charge in [0.25, 0.3) is 0 Å². The van der Waals surface area contributed by atoms with E-state index in [0.717, 1.165) is 5.56 Å². The Morgan fingerprint density at radius 2 is 1.85 bits per heavy atom. The predicted molar refractivity (Wildman–Crippen MR) is 57.6 cm³/mol. The molecule has 1 nitrogen and oxygen atoms in total. The molecule has 0 radical (unpaired) electrons. The van der Waals surface area contributed by atoms with E-state index in [9.17, 15) is 0 Å². The fourth-order valence-electron chi connectivity index (χ4n) is 0.849. The molecule has 70 valence electrons. The molecule has 0 saturated heterocycles. The Morgan fingerprint density at radius 1 is 1.15 bits per heavy atom. The molecular weight excluding hydrogens is 230 g/mol. The Kier molecular flexibility index (Phi) is 4.07. The summed E-state index contributed by atoms with van der Waals surface area (Å²) in [6.07, 6.45) is 3.26. The van der Waals surface area contributed by atoms with E-state index in [4.69, 9.17) is 39.9 Å². The lowest BCUT2D eigenvalue weighted by atomic mass is 10.2. The fraction of sp³-hybridized carbons (Fsp3) is 0.111. The van der Waals surface area contributed by atoms with E-state index in [0.29, 0.717) is 15.1 Å². The summed E-state index contributed by atoms with van der Waals surface area (Å²) in [6.45, 7) is -0.0312. The maximum Gasteiger partial charge on any atom is 0.0784 e. The van der Waals surface area contributed by atoms with Gasteiger partial charge in [0.05, 0.1) is 21.7 Å². The average molecular weight is 238 g/mol. The summed E-state index contributed by atoms with van der Waals surface area (Å²) >= 11 is 17.4. The molecule has 0 fully saturated rings. The Morgan fingerprint density at radius 3 is 2.46 bits per heavy atom. The van der Waals surface area contributed by atoms with Gasteiger partial charge in [-0.15, -0.1) is 0 Å². The highest BCUT2D eigenvalue weighted by Gasteiger charge is 2.05. The third kappa shape index (κ3) is 2.61. The van der Waals surface area contributed by atoms with E-state index in [-0.39, 0.29) is 6.61 Å². The number of hydrogen-bond acceptors (Lipinski definition) is 1. The molecule has 0 aromatic heterocycles. The molecule has 0 bridgehead atoms. The predicted octanol–water partition coefficient (Wildman–Crippen LogP) is 3.65. The van der Waals surface area contributed by atoms with Crippen molar-refractivity contribution in [3.8, 4) is 0 Å². The smallest absolute Gasteiger partial charge is 0.0784 e. The number of hydrogen-bond donors (Lipinski definition) is 1. The summed E-state index contributed by atoms with van der Waals surface area (Å²) < 4.78 is 0. The molecule has 1 rings (SSSR count). The molecule has 1 aromatic carbocycles. The van der Waals surface area contributed by atoms with Crippen LogP contribution < -0.4 is 0 Å². The maximum atomic E-state index is 8.55. The second-order valence-corrected chi connectivity index (χ2v) is 3.51. The van der Waals surface area contributed by atoms with Crippen LogP contribution in [0.5, 0.6) is 0 Å². The van der Waals surface area contributed by atoms with Crippen LogP contribution in [0, 0.1) is 0 Å². The number of aliphatic hydroxyl groups excluding tert-OH is 1. The Balaban J connectivity index is 3.11. The number of halogens is 3. The van der Waals surface area contributed by atoms with Crippen LogP contribution in [0.4, 0.5) is 0 Å². The van der Waals surface area contributed by atoms with E-state index in [1.54, 1.807) is 24.3 Å². The lowest BCUT2D eigenvalue weighted by molar-refractivity contribution is 0.343. The topological polar surface area (TPSA) is 20.2 Å². The van der Waals surface area contributed by atoms with Gasteiger partial charge in [0.15, 0.2) is 0 Å². The van der Waals surface area contributed by atoms with E-state index >= 15 is 0 Å². The highest BCUT2D eigenvalue weighted by Crippen LogP contribution is 2.33. The van der Waals surface area contributed by atoms with Crippen LogP contribution in [0.25, 0.3) is 6.08 Å². The second kappa shape index (κ2) is 4.87. The quantitative estimate of drug-likeness (QED) is 0.779. The molecule has 0 unspecified atom stereocenters. The van der Waals surface area contributed by atoms with E-state index in [1.165, 1.54) is 0 Å². The van der Waals surface area contributed by atoms with Crippen molar-refractivity contribution in [2.75, 3.05) is 6.61 Å². The zero-order valence-corrected chi connectivity index (χ0v) is 8.87. The van der Waals surface area contributed by atoms with E-state index in [1.807, 2.05) is 0 Å². The van der Waals surface area contributed by atoms with Gasteiger partial charge in [-0.2, -0.15) is 0 Å². The van der Waals surface area contributed by atoms with Gasteiger partial charge in [-0.3, -0.25) is 0 Å². The van der Waals surface area contributed by atoms with Gasteiger partial charge in [-0.1, -0.05) is 53.0 Å². The van der Waals surface area contributed by atoms with E-state index in [2.05, 4.69) is 0 Å². The minimum absolute atomic E-state index is 0.0312. The third-order valence-electron chi connectivity index (χ3n) is 1.47. The lowest BCUT2D eigenvalue weighted by Gasteiger charge is -2.02. The van der Waals surface area contributed by atoms with Crippen LogP contribution >= 0.6 is 34.8 Å². The summed E-state index contributed by atoms with van der Waals surface area (Å²) in [5.74, 6) is 0. The Labute approximate surface area is 91.5 Å². The molecule has 0 heterocycles. The minimum atomic E-state index is -0.0312. The SMILES string of the molecule is OCC=Cc1ccc(Cl)c(Cl)c1Cl. The van der Waals surface area contributed by atoms with E-state index < -0.39 is 0 Å². The van der Waals surface area contributed by atoms with Crippen molar-refractivity contribution in [2.45, 2.75) is 0 Å². The molecule has 0 amide bonds. The van der Waals surface area contributed by atoms with Gasteiger partial charge in [-0.05, 0) is 11.6 Å². The molecule has 0 aliphatic rings. The first-order chi connectivity index (χ1) is 6.16. The fourth-order valence-corrected chi connectivity index (χ4v) is 1.45. The average Bonchev–Trinajstić information content (AvgIpc) is 2.13. The van der Waals surface area contributed by atoms with Crippen molar-refractivity contribution in [1.29, 1.82) is 0 Å². The van der Waals surface area contributed by atoms with Crippen molar-refractivity contribution in [3.63, 3.8) is 0 Å². The first-order valence-corrected chi connectivity index (χ1v) is 4.71. The minimum Gasteiger partial charge on any atom is -0.392 e. The molecule has 13 heavy (non-hydrogen) atoms. The molecule has 0 spiro atoms. The van der Waals surface area contributed by atoms with Gasteiger partial charge in [-0.25, -0.2) is 0 Å². The monoisotopic (exact) mass is 236 g/mol. The highest BCUT2D eigenvalue weighted by molar-refractivity contribution is 6.48. The standard InChI is InChI=1S/C9H7Cl3O/c10-7-4-3-6(2-1-5-13)8(11)9(7)12/h1-4,13H,5H2. The number of benzene rings is 1. The van der Waals surface area contributed by atoms with Gasteiger partial charge >= 0.3 is 0 Å². The van der Waals surface area contributed by atoms with Crippen molar-refractivity contribution >= 4 is 40.9 Å². The number of rotatable bonds is 2. The third-order valence-corrected chi connectivity index (χ3v) is 2.78. The number of aliphatic hydroxyl groups is 1. The summed E-state index contributed by atoms with van der Waals surface area (Å²) in [7, 11) is 0. The summed E-state index contributed by atoms with van der Waals surface area (Å²) in [5, 5.41) is 9.72. The molecule has 0 saturated carbocycles. The summed E-state index contributed by atoms with van der Waals surface area (Å²) in [4.78, 5) is 0. The summed E-state index contributed by atoms with van der Waals surface area (Å²) in [6, 6.07) is 3.40. The maximum absolute atomic E-state index is 8.55. The molecule has 1 aromatic rings. The van der Waals surface area contributed by atoms with Crippen LogP contribution in [-0.4, -0.2) is 11.7 Å². The first kappa shape index (κ1) is 10.9. The zero-order chi connectivity index (χ0) is 9.84. The largest absolute Gasteiger partial charge is 0.392 e. The Bertz CT molecular complexity index is 334. The van der Waals surface area contributed by atoms with Crippen LogP contribution in [0.3, 0.4) is 0 Å². The highest BCUT2D eigenvalue weighted by atomic mass is 35.5. The molecule has 0 atom stereocenters. The zero-order valence-electron chi connectivity index (χ0n) is 6.60. The van der Waals surface area contributed by atoms with Gasteiger partial charge < -0.3 is 5.11 Å². The first-order valence-electron chi connectivity index (χ1n) is 3.57. The summed E-state index contributed by atoms with van der Waals surface area (Å²) in [5.41, 5.74) is 0.741. The van der Waals surface area contributed by atoms with Crippen LogP contribution in [0.1, 0.15) is 5.56 Å². The molecule has 4 heteroatoms. The van der Waals surface area contributed by atoms with Gasteiger partial charge in [0.1, 0.15) is 0 Å². The molecule has 0 aliphatic heterocycles. The van der Waals surface area contributed by atoms with Gasteiger partial charge in [0.2, 0.25) is 0 Å². The van der Waals surface area contributed by atoms with Crippen LogP contribution in [0.15, 0.2) is 18.2 Å². The lowest BCUT2D eigenvalue weighted by Crippen LogP contribution is -1.79. The van der Waals surface area contributed by atoms with Crippen molar-refractivity contribution in [1.82, 2.24) is 0 Å². The Hall–Kier alpha value is -0.210. The van der Waals surface area contributed by atoms with Crippen molar-refractivity contribution < 1.29 is 5.11 Å². The molecular formula is C9H7Cl3O.